The van der Waals surface area contributed by atoms with Crippen LogP contribution in [-0.2, 0) is 25.7 Å². The first-order valence-electron chi connectivity index (χ1n) is 12.0. The lowest BCUT2D eigenvalue weighted by Gasteiger charge is -2.27. The average molecular weight is 485 g/mol. The quantitative estimate of drug-likeness (QED) is 0.390. The van der Waals surface area contributed by atoms with E-state index in [-0.39, 0.29) is 5.56 Å². The first kappa shape index (κ1) is 23.8. The van der Waals surface area contributed by atoms with Gasteiger partial charge in [-0.05, 0) is 53.8 Å². The van der Waals surface area contributed by atoms with Crippen LogP contribution in [0.1, 0.15) is 39.2 Å². The molecule has 0 saturated heterocycles. The highest BCUT2D eigenvalue weighted by molar-refractivity contribution is 5.95. The molecule has 1 aromatic heterocycles. The predicted molar refractivity (Wildman–Crippen MR) is 138 cm³/mol. The highest BCUT2D eigenvalue weighted by Crippen LogP contribution is 2.36. The van der Waals surface area contributed by atoms with E-state index < -0.39 is 17.4 Å². The van der Waals surface area contributed by atoms with Crippen molar-refractivity contribution in [3.63, 3.8) is 0 Å². The minimum Gasteiger partial charge on any atom is -0.367 e. The second kappa shape index (κ2) is 9.24. The Kier molecular flexibility index (Phi) is 6.10. The zero-order valence-corrected chi connectivity index (χ0v) is 20.6. The lowest BCUT2D eigenvalue weighted by atomic mass is 10.00. The van der Waals surface area contributed by atoms with E-state index >= 15 is 0 Å². The molecule has 1 aliphatic rings. The van der Waals surface area contributed by atoms with Gasteiger partial charge in [-0.3, -0.25) is 9.48 Å². The van der Waals surface area contributed by atoms with E-state index in [1.165, 1.54) is 12.1 Å². The van der Waals surface area contributed by atoms with E-state index in [1.807, 2.05) is 80.3 Å². The second-order valence-corrected chi connectivity index (χ2v) is 9.49. The van der Waals surface area contributed by atoms with Crippen molar-refractivity contribution in [2.24, 2.45) is 7.05 Å². The van der Waals surface area contributed by atoms with Crippen LogP contribution in [0.25, 0.3) is 11.1 Å². The van der Waals surface area contributed by atoms with Crippen molar-refractivity contribution >= 4 is 11.7 Å². The number of hydrogen-bond donors (Lipinski definition) is 2. The van der Waals surface area contributed by atoms with Gasteiger partial charge in [0, 0.05) is 38.7 Å². The standard InChI is InChI=1S/C29H29FN4O2/c1-19-15-27(34(3)32-19)33(2)18-20-9-10-22-13-14-29(36,25(22)16-20)31-28(35)24-12-11-23(17-26(24)30)21-7-5-4-6-8-21/h4-12,15-17,36H,13-14,18H2,1-3H3,(H,31,35)/t29-/m1/s1. The largest absolute Gasteiger partial charge is 0.367 e. The lowest BCUT2D eigenvalue weighted by molar-refractivity contribution is 0.00488. The highest BCUT2D eigenvalue weighted by Gasteiger charge is 2.39. The zero-order chi connectivity index (χ0) is 25.4. The van der Waals surface area contributed by atoms with Gasteiger partial charge in [0.2, 0.25) is 0 Å². The number of carbonyl (C=O) groups is 1. The molecule has 1 amide bonds. The normalized spacial score (nSPS) is 16.6. The Morgan fingerprint density at radius 1 is 1.11 bits per heavy atom. The molecule has 4 aromatic rings. The van der Waals surface area contributed by atoms with Gasteiger partial charge in [0.25, 0.3) is 5.91 Å². The van der Waals surface area contributed by atoms with Crippen LogP contribution in [0.15, 0.2) is 72.8 Å². The molecule has 184 valence electrons. The van der Waals surface area contributed by atoms with E-state index in [0.29, 0.717) is 30.5 Å². The number of benzene rings is 3. The molecule has 3 aromatic carbocycles. The Balaban J connectivity index is 1.36. The molecule has 1 atom stereocenters. The van der Waals surface area contributed by atoms with E-state index in [2.05, 4.69) is 15.3 Å². The fraction of sp³-hybridized carbons (Fsp3) is 0.241. The van der Waals surface area contributed by atoms with Crippen molar-refractivity contribution in [1.82, 2.24) is 15.1 Å². The van der Waals surface area contributed by atoms with Gasteiger partial charge >= 0.3 is 0 Å². The number of halogens is 1. The zero-order valence-electron chi connectivity index (χ0n) is 20.6. The molecule has 0 fully saturated rings. The molecule has 0 bridgehead atoms. The summed E-state index contributed by atoms with van der Waals surface area (Å²) >= 11 is 0. The fourth-order valence-corrected chi connectivity index (χ4v) is 4.98. The number of anilines is 1. The molecule has 0 saturated carbocycles. The van der Waals surface area contributed by atoms with Crippen molar-refractivity contribution in [2.45, 2.75) is 32.0 Å². The Morgan fingerprint density at radius 3 is 2.58 bits per heavy atom. The first-order chi connectivity index (χ1) is 17.2. The number of carbonyl (C=O) groups excluding carboxylic acids is 1. The Bertz CT molecular complexity index is 1430. The molecule has 36 heavy (non-hydrogen) atoms. The molecule has 0 aliphatic heterocycles. The van der Waals surface area contributed by atoms with E-state index in [1.54, 1.807) is 6.07 Å². The Morgan fingerprint density at radius 2 is 1.89 bits per heavy atom. The number of fused-ring (bicyclic) bond motifs is 1. The summed E-state index contributed by atoms with van der Waals surface area (Å²) in [6.45, 7) is 2.55. The smallest absolute Gasteiger partial charge is 0.256 e. The highest BCUT2D eigenvalue weighted by atomic mass is 19.1. The van der Waals surface area contributed by atoms with Crippen molar-refractivity contribution in [3.05, 3.63) is 107 Å². The third-order valence-corrected chi connectivity index (χ3v) is 6.81. The summed E-state index contributed by atoms with van der Waals surface area (Å²) in [6.07, 6.45) is 0.955. The predicted octanol–water partition coefficient (Wildman–Crippen LogP) is 4.69. The van der Waals surface area contributed by atoms with Gasteiger partial charge in [0.05, 0.1) is 11.3 Å². The lowest BCUT2D eigenvalue weighted by Crippen LogP contribution is -2.44. The second-order valence-electron chi connectivity index (χ2n) is 9.49. The number of nitrogens with zero attached hydrogens (tertiary/aromatic N) is 3. The van der Waals surface area contributed by atoms with Gasteiger partial charge in [-0.1, -0.05) is 48.5 Å². The summed E-state index contributed by atoms with van der Waals surface area (Å²) in [5.41, 5.74) is 3.45. The van der Waals surface area contributed by atoms with Crippen LogP contribution in [0, 0.1) is 12.7 Å². The van der Waals surface area contributed by atoms with Crippen molar-refractivity contribution in [3.8, 4) is 11.1 Å². The molecule has 0 unspecified atom stereocenters. The molecular formula is C29H29FN4O2. The van der Waals surface area contributed by atoms with Crippen LogP contribution in [0.3, 0.4) is 0 Å². The topological polar surface area (TPSA) is 70.4 Å². The number of amides is 1. The van der Waals surface area contributed by atoms with E-state index in [0.717, 1.165) is 28.2 Å². The van der Waals surface area contributed by atoms with Crippen molar-refractivity contribution in [2.75, 3.05) is 11.9 Å². The number of hydrogen-bond acceptors (Lipinski definition) is 4. The van der Waals surface area contributed by atoms with Gasteiger partial charge in [-0.25, -0.2) is 4.39 Å². The summed E-state index contributed by atoms with van der Waals surface area (Å²) in [5, 5.41) is 18.5. The molecule has 5 rings (SSSR count). The summed E-state index contributed by atoms with van der Waals surface area (Å²) in [6, 6.07) is 21.9. The van der Waals surface area contributed by atoms with Gasteiger partial charge in [-0.2, -0.15) is 5.10 Å². The molecule has 0 spiro atoms. The molecule has 7 heteroatoms. The molecule has 0 radical (unpaired) electrons. The first-order valence-corrected chi connectivity index (χ1v) is 12.0. The maximum atomic E-state index is 14.9. The van der Waals surface area contributed by atoms with Crippen LogP contribution >= 0.6 is 0 Å². The summed E-state index contributed by atoms with van der Waals surface area (Å²) in [4.78, 5) is 15.1. The van der Waals surface area contributed by atoms with E-state index in [9.17, 15) is 14.3 Å². The van der Waals surface area contributed by atoms with Gasteiger partial charge in [-0.15, -0.1) is 0 Å². The Labute approximate surface area is 210 Å². The van der Waals surface area contributed by atoms with Crippen molar-refractivity contribution < 1.29 is 14.3 Å². The minimum absolute atomic E-state index is 0.0981. The average Bonchev–Trinajstić information content (AvgIpc) is 3.37. The molecule has 1 aliphatic carbocycles. The maximum absolute atomic E-state index is 14.9. The van der Waals surface area contributed by atoms with Crippen LogP contribution < -0.4 is 10.2 Å². The SMILES string of the molecule is Cc1cc(N(C)Cc2ccc3c(c2)[C@@](O)(NC(=O)c2ccc(-c4ccccc4)cc2F)CC3)n(C)n1. The van der Waals surface area contributed by atoms with Crippen molar-refractivity contribution in [1.29, 1.82) is 0 Å². The minimum atomic E-state index is -1.56. The fourth-order valence-electron chi connectivity index (χ4n) is 4.98. The van der Waals surface area contributed by atoms with Crippen LogP contribution in [0.5, 0.6) is 0 Å². The molecule has 2 N–H and O–H groups in total. The number of rotatable bonds is 6. The van der Waals surface area contributed by atoms with Gasteiger partial charge in [0.15, 0.2) is 5.72 Å². The molecule has 6 nitrogen and oxygen atoms in total. The third-order valence-electron chi connectivity index (χ3n) is 6.81. The molecule has 1 heterocycles. The monoisotopic (exact) mass is 484 g/mol. The van der Waals surface area contributed by atoms with Gasteiger partial charge < -0.3 is 15.3 Å². The summed E-state index contributed by atoms with van der Waals surface area (Å²) in [7, 11) is 3.89. The number of aliphatic hydroxyl groups is 1. The molecular weight excluding hydrogens is 455 g/mol. The van der Waals surface area contributed by atoms with E-state index in [4.69, 9.17) is 0 Å². The number of aromatic nitrogens is 2. The van der Waals surface area contributed by atoms with Crippen LogP contribution in [-0.4, -0.2) is 27.8 Å². The summed E-state index contributed by atoms with van der Waals surface area (Å²) in [5.74, 6) is -0.293. The van der Waals surface area contributed by atoms with Crippen LogP contribution in [0.4, 0.5) is 10.2 Å². The Hall–Kier alpha value is -3.97. The van der Waals surface area contributed by atoms with Crippen LogP contribution in [0.2, 0.25) is 0 Å². The summed E-state index contributed by atoms with van der Waals surface area (Å²) < 4.78 is 16.8. The third kappa shape index (κ3) is 4.50. The number of nitrogens with one attached hydrogen (secondary N) is 1. The van der Waals surface area contributed by atoms with Gasteiger partial charge in [0.1, 0.15) is 11.6 Å². The maximum Gasteiger partial charge on any atom is 0.256 e. The number of aryl methyl sites for hydroxylation is 3.